The van der Waals surface area contributed by atoms with Crippen molar-refractivity contribution >= 4 is 5.78 Å². The maximum absolute atomic E-state index is 13.4. The molecule has 1 unspecified atom stereocenters. The zero-order chi connectivity index (χ0) is 24.5. The molecule has 0 spiro atoms. The monoisotopic (exact) mass is 466 g/mol. The number of benzene rings is 4. The Balaban J connectivity index is 1.43. The van der Waals surface area contributed by atoms with Gasteiger partial charge in [0.15, 0.2) is 17.3 Å². The molecule has 0 N–H and O–H groups in total. The highest BCUT2D eigenvalue weighted by Crippen LogP contribution is 2.32. The van der Waals surface area contributed by atoms with Crippen molar-refractivity contribution in [1.82, 2.24) is 0 Å². The van der Waals surface area contributed by atoms with Crippen LogP contribution in [0, 0.1) is 0 Å². The van der Waals surface area contributed by atoms with Crippen molar-refractivity contribution in [3.05, 3.63) is 125 Å². The minimum atomic E-state index is -0.251. The van der Waals surface area contributed by atoms with E-state index in [1.807, 2.05) is 104 Å². The molecular formula is C31H30O4. The van der Waals surface area contributed by atoms with E-state index in [4.69, 9.17) is 14.2 Å². The first-order chi connectivity index (χ1) is 17.2. The quantitative estimate of drug-likeness (QED) is 0.219. The van der Waals surface area contributed by atoms with Gasteiger partial charge in [0, 0.05) is 11.5 Å². The second-order valence-electron chi connectivity index (χ2n) is 8.31. The van der Waals surface area contributed by atoms with Crippen LogP contribution in [-0.2, 0) is 13.2 Å². The molecule has 0 aromatic heterocycles. The van der Waals surface area contributed by atoms with Gasteiger partial charge < -0.3 is 14.2 Å². The average Bonchev–Trinajstić information content (AvgIpc) is 2.93. The third-order valence-electron chi connectivity index (χ3n) is 5.94. The van der Waals surface area contributed by atoms with Crippen LogP contribution < -0.4 is 14.2 Å². The highest BCUT2D eigenvalue weighted by Gasteiger charge is 2.22. The summed E-state index contributed by atoms with van der Waals surface area (Å²) in [6.45, 7) is 2.96. The number of ketones is 1. The summed E-state index contributed by atoms with van der Waals surface area (Å²) in [4.78, 5) is 13.4. The summed E-state index contributed by atoms with van der Waals surface area (Å²) in [5.74, 6) is 1.74. The van der Waals surface area contributed by atoms with Crippen molar-refractivity contribution in [2.24, 2.45) is 0 Å². The Labute approximate surface area is 207 Å². The number of ether oxygens (including phenoxy) is 3. The molecule has 4 heteroatoms. The summed E-state index contributed by atoms with van der Waals surface area (Å²) < 4.78 is 17.4. The molecule has 35 heavy (non-hydrogen) atoms. The van der Waals surface area contributed by atoms with Gasteiger partial charge in [-0.15, -0.1) is 0 Å². The molecule has 4 aromatic carbocycles. The molecule has 0 amide bonds. The van der Waals surface area contributed by atoms with Crippen LogP contribution in [0.4, 0.5) is 0 Å². The minimum absolute atomic E-state index is 0.0540. The molecule has 0 aliphatic heterocycles. The van der Waals surface area contributed by atoms with Gasteiger partial charge in [0.1, 0.15) is 19.0 Å². The number of carbonyl (C=O) groups excluding carboxylic acids is 1. The standard InChI is InChI=1S/C31H30O4/c1-3-28(25-14-17-27(18-15-25)34-21-23-10-6-4-7-11-23)31(32)26-16-19-29(30(20-26)33-2)35-22-24-12-8-5-9-13-24/h4-20,28H,3,21-22H2,1-2H3. The predicted octanol–water partition coefficient (Wildman–Crippen LogP) is 7.23. The summed E-state index contributed by atoms with van der Waals surface area (Å²) in [6.07, 6.45) is 0.692. The average molecular weight is 467 g/mol. The largest absolute Gasteiger partial charge is 0.493 e. The molecule has 0 saturated heterocycles. The fraction of sp³-hybridized carbons (Fsp3) is 0.194. The first-order valence-corrected chi connectivity index (χ1v) is 11.8. The number of methoxy groups -OCH3 is 1. The lowest BCUT2D eigenvalue weighted by Gasteiger charge is -2.17. The van der Waals surface area contributed by atoms with Crippen LogP contribution in [0.15, 0.2) is 103 Å². The fourth-order valence-electron chi connectivity index (χ4n) is 3.99. The Morgan fingerprint density at radius 1 is 0.714 bits per heavy atom. The molecule has 1 atom stereocenters. The zero-order valence-electron chi connectivity index (χ0n) is 20.1. The van der Waals surface area contributed by atoms with E-state index in [-0.39, 0.29) is 11.7 Å². The second kappa shape index (κ2) is 11.9. The van der Waals surface area contributed by atoms with E-state index < -0.39 is 0 Å². The van der Waals surface area contributed by atoms with Crippen LogP contribution in [0.3, 0.4) is 0 Å². The minimum Gasteiger partial charge on any atom is -0.493 e. The first-order valence-electron chi connectivity index (χ1n) is 11.8. The lowest BCUT2D eigenvalue weighted by molar-refractivity contribution is 0.0957. The van der Waals surface area contributed by atoms with Crippen LogP contribution in [-0.4, -0.2) is 12.9 Å². The van der Waals surface area contributed by atoms with Gasteiger partial charge in [0.25, 0.3) is 0 Å². The van der Waals surface area contributed by atoms with Crippen LogP contribution >= 0.6 is 0 Å². The van der Waals surface area contributed by atoms with Gasteiger partial charge in [-0.25, -0.2) is 0 Å². The molecular weight excluding hydrogens is 436 g/mol. The number of rotatable bonds is 11. The molecule has 0 radical (unpaired) electrons. The maximum Gasteiger partial charge on any atom is 0.170 e. The van der Waals surface area contributed by atoms with Gasteiger partial charge in [-0.2, -0.15) is 0 Å². The van der Waals surface area contributed by atoms with E-state index in [9.17, 15) is 4.79 Å². The molecule has 0 saturated carbocycles. The van der Waals surface area contributed by atoms with Crippen molar-refractivity contribution in [3.63, 3.8) is 0 Å². The molecule has 178 valence electrons. The summed E-state index contributed by atoms with van der Waals surface area (Å²) >= 11 is 0. The molecule has 0 bridgehead atoms. The number of hydrogen-bond acceptors (Lipinski definition) is 4. The highest BCUT2D eigenvalue weighted by molar-refractivity contribution is 6.01. The summed E-state index contributed by atoms with van der Waals surface area (Å²) in [5.41, 5.74) is 3.75. The van der Waals surface area contributed by atoms with E-state index >= 15 is 0 Å². The Bertz CT molecular complexity index is 1220. The fourth-order valence-corrected chi connectivity index (χ4v) is 3.99. The van der Waals surface area contributed by atoms with E-state index in [1.165, 1.54) is 0 Å². The Morgan fingerprint density at radius 2 is 1.31 bits per heavy atom. The van der Waals surface area contributed by atoms with Crippen LogP contribution in [0.2, 0.25) is 0 Å². The maximum atomic E-state index is 13.4. The Morgan fingerprint density at radius 3 is 1.89 bits per heavy atom. The third-order valence-corrected chi connectivity index (χ3v) is 5.94. The topological polar surface area (TPSA) is 44.8 Å². The van der Waals surface area contributed by atoms with Gasteiger partial charge in [0.05, 0.1) is 7.11 Å². The van der Waals surface area contributed by atoms with E-state index in [1.54, 1.807) is 13.2 Å². The SMILES string of the molecule is CCC(C(=O)c1ccc(OCc2ccccc2)c(OC)c1)c1ccc(OCc2ccccc2)cc1. The van der Waals surface area contributed by atoms with Gasteiger partial charge in [-0.3, -0.25) is 4.79 Å². The first kappa shape index (κ1) is 24.1. The molecule has 4 rings (SSSR count). The molecule has 0 aliphatic rings. The molecule has 0 heterocycles. The lowest BCUT2D eigenvalue weighted by Crippen LogP contribution is -2.12. The summed E-state index contributed by atoms with van der Waals surface area (Å²) in [6, 6.07) is 33.2. The van der Waals surface area contributed by atoms with Gasteiger partial charge in [-0.05, 0) is 53.4 Å². The smallest absolute Gasteiger partial charge is 0.170 e. The van der Waals surface area contributed by atoms with Crippen molar-refractivity contribution in [2.75, 3.05) is 7.11 Å². The van der Waals surface area contributed by atoms with E-state index in [2.05, 4.69) is 0 Å². The number of carbonyl (C=O) groups is 1. The van der Waals surface area contributed by atoms with Gasteiger partial charge in [0.2, 0.25) is 0 Å². The van der Waals surface area contributed by atoms with Crippen molar-refractivity contribution in [1.29, 1.82) is 0 Å². The van der Waals surface area contributed by atoms with Crippen LogP contribution in [0.1, 0.15) is 46.3 Å². The third kappa shape index (κ3) is 6.30. The second-order valence-corrected chi connectivity index (χ2v) is 8.31. The zero-order valence-corrected chi connectivity index (χ0v) is 20.1. The normalized spacial score (nSPS) is 11.5. The van der Waals surface area contributed by atoms with Gasteiger partial charge in [-0.1, -0.05) is 79.7 Å². The van der Waals surface area contributed by atoms with Crippen LogP contribution in [0.25, 0.3) is 0 Å². The lowest BCUT2D eigenvalue weighted by atomic mass is 9.88. The molecule has 4 aromatic rings. The molecule has 0 fully saturated rings. The number of Topliss-reactive ketones (excluding diaryl/α,β-unsaturated/α-hetero) is 1. The number of hydrogen-bond donors (Lipinski definition) is 0. The Hall–Kier alpha value is -4.05. The van der Waals surface area contributed by atoms with Crippen molar-refractivity contribution < 1.29 is 19.0 Å². The predicted molar refractivity (Wildman–Crippen MR) is 138 cm³/mol. The van der Waals surface area contributed by atoms with Crippen LogP contribution in [0.5, 0.6) is 17.2 Å². The van der Waals surface area contributed by atoms with E-state index in [0.29, 0.717) is 36.7 Å². The molecule has 0 aliphatic carbocycles. The van der Waals surface area contributed by atoms with Gasteiger partial charge >= 0.3 is 0 Å². The Kier molecular flexibility index (Phi) is 8.18. The summed E-state index contributed by atoms with van der Waals surface area (Å²) in [7, 11) is 1.59. The highest BCUT2D eigenvalue weighted by atomic mass is 16.5. The summed E-state index contributed by atoms with van der Waals surface area (Å²) in [5, 5.41) is 0. The van der Waals surface area contributed by atoms with Crippen molar-refractivity contribution in [3.8, 4) is 17.2 Å². The molecule has 4 nitrogen and oxygen atoms in total. The van der Waals surface area contributed by atoms with Crippen molar-refractivity contribution in [2.45, 2.75) is 32.5 Å². The van der Waals surface area contributed by atoms with E-state index in [0.717, 1.165) is 22.4 Å².